The van der Waals surface area contributed by atoms with Crippen LogP contribution < -0.4 is 10.5 Å². The zero-order valence-corrected chi connectivity index (χ0v) is 11.6. The van der Waals surface area contributed by atoms with Crippen LogP contribution in [0.4, 0.5) is 5.69 Å². The summed E-state index contributed by atoms with van der Waals surface area (Å²) < 4.78 is 30.9. The minimum atomic E-state index is -3.58. The lowest BCUT2D eigenvalue weighted by atomic mass is 9.87. The molecule has 0 aliphatic carbocycles. The fraction of sp³-hybridized carbons (Fsp3) is 0.455. The van der Waals surface area contributed by atoms with Crippen LogP contribution in [0.15, 0.2) is 18.2 Å². The van der Waals surface area contributed by atoms with E-state index >= 15 is 0 Å². The minimum absolute atomic E-state index is 0.0118. The average Bonchev–Trinajstić information content (AvgIpc) is 2.38. The largest absolute Gasteiger partial charge is 0.374 e. The van der Waals surface area contributed by atoms with Crippen LogP contribution in [-0.4, -0.2) is 32.7 Å². The molecule has 1 aliphatic rings. The van der Waals surface area contributed by atoms with E-state index < -0.39 is 26.2 Å². The van der Waals surface area contributed by atoms with E-state index in [1.54, 1.807) is 6.07 Å². The van der Waals surface area contributed by atoms with Crippen molar-refractivity contribution in [1.29, 1.82) is 0 Å². The number of rotatable bonds is 4. The van der Waals surface area contributed by atoms with Gasteiger partial charge in [0.2, 0.25) is 10.0 Å². The van der Waals surface area contributed by atoms with Crippen LogP contribution in [0, 0.1) is 10.1 Å². The molecule has 1 atom stereocenters. The molecule has 20 heavy (non-hydrogen) atoms. The maximum atomic E-state index is 11.7. The van der Waals surface area contributed by atoms with Crippen molar-refractivity contribution in [1.82, 2.24) is 4.72 Å². The van der Waals surface area contributed by atoms with Crippen LogP contribution in [-0.2, 0) is 26.9 Å². The second-order valence-electron chi connectivity index (χ2n) is 4.71. The number of hydrogen-bond acceptors (Lipinski definition) is 6. The minimum Gasteiger partial charge on any atom is -0.374 e. The molecule has 110 valence electrons. The van der Waals surface area contributed by atoms with E-state index in [0.717, 1.165) is 0 Å². The quantitative estimate of drug-likeness (QED) is 0.587. The Bertz CT molecular complexity index is 645. The molecule has 0 unspecified atom stereocenters. The second-order valence-corrected chi connectivity index (χ2v) is 6.64. The number of nitrogens with zero attached hydrogens (tertiary/aromatic N) is 1. The fourth-order valence-corrected chi connectivity index (χ4v) is 3.28. The van der Waals surface area contributed by atoms with E-state index in [9.17, 15) is 18.5 Å². The second kappa shape index (κ2) is 5.09. The Morgan fingerprint density at radius 3 is 2.85 bits per heavy atom. The standard InChI is InChI=1S/C11H15N3O5S/c1-13-20(17,18)7-11(12)6-19-5-8-2-3-9(14(15)16)4-10(8)11/h2-4,13H,5-7,12H2,1H3/t11-/m0/s1. The van der Waals surface area contributed by atoms with Crippen molar-refractivity contribution in [3.05, 3.63) is 39.4 Å². The van der Waals surface area contributed by atoms with E-state index in [4.69, 9.17) is 10.5 Å². The molecular weight excluding hydrogens is 286 g/mol. The van der Waals surface area contributed by atoms with Crippen molar-refractivity contribution >= 4 is 15.7 Å². The summed E-state index contributed by atoms with van der Waals surface area (Å²) in [5, 5.41) is 10.8. The Labute approximate surface area is 116 Å². The van der Waals surface area contributed by atoms with Gasteiger partial charge in [0.15, 0.2) is 0 Å². The average molecular weight is 301 g/mol. The maximum Gasteiger partial charge on any atom is 0.269 e. The molecule has 9 heteroatoms. The van der Waals surface area contributed by atoms with Gasteiger partial charge in [-0.2, -0.15) is 0 Å². The third-order valence-corrected chi connectivity index (χ3v) is 4.73. The van der Waals surface area contributed by atoms with Crippen molar-refractivity contribution in [3.63, 3.8) is 0 Å². The smallest absolute Gasteiger partial charge is 0.269 e. The van der Waals surface area contributed by atoms with Gasteiger partial charge in [0.05, 0.1) is 29.4 Å². The molecule has 0 radical (unpaired) electrons. The molecular formula is C11H15N3O5S. The van der Waals surface area contributed by atoms with Gasteiger partial charge in [0.1, 0.15) is 0 Å². The van der Waals surface area contributed by atoms with Crippen molar-refractivity contribution in [2.75, 3.05) is 19.4 Å². The number of ether oxygens (including phenoxy) is 1. The Balaban J connectivity index is 2.50. The van der Waals surface area contributed by atoms with Gasteiger partial charge in [-0.3, -0.25) is 10.1 Å². The Morgan fingerprint density at radius 2 is 2.25 bits per heavy atom. The molecule has 2 rings (SSSR count). The van der Waals surface area contributed by atoms with Crippen molar-refractivity contribution in [2.24, 2.45) is 5.73 Å². The normalized spacial score (nSPS) is 22.3. The van der Waals surface area contributed by atoms with E-state index in [1.807, 2.05) is 0 Å². The molecule has 0 saturated heterocycles. The molecule has 0 amide bonds. The first-order chi connectivity index (χ1) is 9.27. The van der Waals surface area contributed by atoms with Gasteiger partial charge in [-0.25, -0.2) is 13.1 Å². The monoisotopic (exact) mass is 301 g/mol. The summed E-state index contributed by atoms with van der Waals surface area (Å²) in [7, 11) is -2.29. The molecule has 0 fully saturated rings. The first-order valence-electron chi connectivity index (χ1n) is 5.83. The number of nitro groups is 1. The highest BCUT2D eigenvalue weighted by molar-refractivity contribution is 7.89. The van der Waals surface area contributed by atoms with Crippen LogP contribution in [0.2, 0.25) is 0 Å². The first kappa shape index (κ1) is 14.9. The number of non-ortho nitro benzene ring substituents is 1. The Kier molecular flexibility index (Phi) is 3.78. The summed E-state index contributed by atoms with van der Waals surface area (Å²) in [5.41, 5.74) is 5.81. The summed E-state index contributed by atoms with van der Waals surface area (Å²) in [6.45, 7) is 0.244. The van der Waals surface area contributed by atoms with E-state index in [0.29, 0.717) is 11.1 Å². The zero-order chi connectivity index (χ0) is 15.0. The third kappa shape index (κ3) is 2.80. The summed E-state index contributed by atoms with van der Waals surface area (Å²) in [6.07, 6.45) is 0. The highest BCUT2D eigenvalue weighted by atomic mass is 32.2. The van der Waals surface area contributed by atoms with Crippen molar-refractivity contribution < 1.29 is 18.1 Å². The molecule has 1 heterocycles. The predicted octanol–water partition coefficient (Wildman–Crippen LogP) is -0.172. The molecule has 1 aromatic rings. The number of nitrogens with two attached hydrogens (primary N) is 1. The van der Waals surface area contributed by atoms with Gasteiger partial charge in [0, 0.05) is 12.1 Å². The highest BCUT2D eigenvalue weighted by Gasteiger charge is 2.38. The predicted molar refractivity (Wildman–Crippen MR) is 71.5 cm³/mol. The molecule has 0 saturated carbocycles. The summed E-state index contributed by atoms with van der Waals surface area (Å²) in [4.78, 5) is 10.3. The molecule has 8 nitrogen and oxygen atoms in total. The zero-order valence-electron chi connectivity index (χ0n) is 10.8. The number of sulfonamides is 1. The van der Waals surface area contributed by atoms with Gasteiger partial charge < -0.3 is 10.5 Å². The highest BCUT2D eigenvalue weighted by Crippen LogP contribution is 2.32. The molecule has 1 aliphatic heterocycles. The number of nitro benzene ring substituents is 1. The molecule has 1 aromatic carbocycles. The number of fused-ring (bicyclic) bond motifs is 1. The van der Waals surface area contributed by atoms with E-state index in [1.165, 1.54) is 19.2 Å². The summed E-state index contributed by atoms with van der Waals surface area (Å²) >= 11 is 0. The lowest BCUT2D eigenvalue weighted by molar-refractivity contribution is -0.385. The molecule has 3 N–H and O–H groups in total. The number of hydrogen-bond donors (Lipinski definition) is 2. The molecule has 0 spiro atoms. The number of benzene rings is 1. The topological polar surface area (TPSA) is 125 Å². The summed E-state index contributed by atoms with van der Waals surface area (Å²) in [6, 6.07) is 4.21. The van der Waals surface area contributed by atoms with Crippen molar-refractivity contribution in [3.8, 4) is 0 Å². The van der Waals surface area contributed by atoms with Crippen LogP contribution >= 0.6 is 0 Å². The lowest BCUT2D eigenvalue weighted by Crippen LogP contribution is -2.51. The van der Waals surface area contributed by atoms with E-state index in [2.05, 4.69) is 4.72 Å². The van der Waals surface area contributed by atoms with Crippen LogP contribution in [0.25, 0.3) is 0 Å². The first-order valence-corrected chi connectivity index (χ1v) is 7.48. The van der Waals surface area contributed by atoms with Gasteiger partial charge in [-0.1, -0.05) is 0 Å². The third-order valence-electron chi connectivity index (χ3n) is 3.22. The van der Waals surface area contributed by atoms with E-state index in [-0.39, 0.29) is 18.9 Å². The fourth-order valence-electron chi connectivity index (χ4n) is 2.22. The molecule has 0 bridgehead atoms. The Hall–Kier alpha value is -1.55. The van der Waals surface area contributed by atoms with Crippen LogP contribution in [0.1, 0.15) is 11.1 Å². The summed E-state index contributed by atoms with van der Waals surface area (Å²) in [5.74, 6) is -0.398. The Morgan fingerprint density at radius 1 is 1.55 bits per heavy atom. The maximum absolute atomic E-state index is 11.7. The SMILES string of the molecule is CNS(=O)(=O)C[C@@]1(N)COCc2ccc([N+](=O)[O-])cc21. The number of nitrogens with one attached hydrogen (secondary N) is 1. The van der Waals surface area contributed by atoms with Crippen molar-refractivity contribution in [2.45, 2.75) is 12.1 Å². The molecule has 0 aromatic heterocycles. The lowest BCUT2D eigenvalue weighted by Gasteiger charge is -2.34. The van der Waals surface area contributed by atoms with Gasteiger partial charge in [-0.05, 0) is 24.2 Å². The van der Waals surface area contributed by atoms with Crippen LogP contribution in [0.5, 0.6) is 0 Å². The van der Waals surface area contributed by atoms with Gasteiger partial charge in [-0.15, -0.1) is 0 Å². The van der Waals surface area contributed by atoms with Gasteiger partial charge in [0.25, 0.3) is 5.69 Å². The van der Waals surface area contributed by atoms with Crippen LogP contribution in [0.3, 0.4) is 0 Å². The van der Waals surface area contributed by atoms with Gasteiger partial charge >= 0.3 is 0 Å².